The second-order valence-electron chi connectivity index (χ2n) is 6.85. The number of fused-ring (bicyclic) bond motifs is 1. The molecule has 5 N–H and O–H groups in total. The van der Waals surface area contributed by atoms with Crippen molar-refractivity contribution in [2.24, 2.45) is 16.5 Å². The highest BCUT2D eigenvalue weighted by atomic mass is 16.6. The maximum atomic E-state index is 12.1. The van der Waals surface area contributed by atoms with Crippen molar-refractivity contribution in [3.8, 4) is 5.75 Å². The van der Waals surface area contributed by atoms with Crippen molar-refractivity contribution in [1.29, 1.82) is 0 Å². The number of guanidine groups is 1. The van der Waals surface area contributed by atoms with Gasteiger partial charge in [0, 0.05) is 11.9 Å². The van der Waals surface area contributed by atoms with Crippen molar-refractivity contribution >= 4 is 34.5 Å². The van der Waals surface area contributed by atoms with Gasteiger partial charge in [-0.3, -0.25) is 4.79 Å². The predicted octanol–water partition coefficient (Wildman–Crippen LogP) is 2.56. The number of carbonyl (C=O) groups is 2. The number of hydrogen-bond acceptors (Lipinski definition) is 5. The molecule has 8 nitrogen and oxygen atoms in total. The lowest BCUT2D eigenvalue weighted by molar-refractivity contribution is -0.134. The first kappa shape index (κ1) is 20.0. The van der Waals surface area contributed by atoms with Gasteiger partial charge in [-0.2, -0.15) is 0 Å². The van der Waals surface area contributed by atoms with Crippen LogP contribution in [0.5, 0.6) is 5.75 Å². The zero-order valence-corrected chi connectivity index (χ0v) is 15.6. The molecule has 8 heteroatoms. The first-order chi connectivity index (χ1) is 12.6. The molecule has 27 heavy (non-hydrogen) atoms. The van der Waals surface area contributed by atoms with Crippen LogP contribution in [0.1, 0.15) is 27.2 Å². The summed E-state index contributed by atoms with van der Waals surface area (Å²) in [5.74, 6) is -0.0766. The Labute approximate surface area is 157 Å². The molecular formula is C19H24N4O4. The SMILES string of the molecule is CC(C)(C)OC(=O)NCCC(=O)Oc1cccc2cc(N=C(N)N)ccc12. The molecule has 144 valence electrons. The molecule has 0 aliphatic carbocycles. The molecule has 0 aliphatic rings. The van der Waals surface area contributed by atoms with Crippen LogP contribution in [0.3, 0.4) is 0 Å². The molecule has 0 saturated heterocycles. The minimum absolute atomic E-state index is 0.0156. The Bertz CT molecular complexity index is 868. The summed E-state index contributed by atoms with van der Waals surface area (Å²) < 4.78 is 10.5. The molecule has 0 bridgehead atoms. The summed E-state index contributed by atoms with van der Waals surface area (Å²) in [5.41, 5.74) is 10.8. The van der Waals surface area contributed by atoms with Crippen molar-refractivity contribution in [2.75, 3.05) is 6.54 Å². The average Bonchev–Trinajstić information content (AvgIpc) is 2.52. The summed E-state index contributed by atoms with van der Waals surface area (Å²) >= 11 is 0. The Balaban J connectivity index is 1.98. The van der Waals surface area contributed by atoms with Crippen molar-refractivity contribution in [3.63, 3.8) is 0 Å². The van der Waals surface area contributed by atoms with Crippen molar-refractivity contribution in [1.82, 2.24) is 5.32 Å². The van der Waals surface area contributed by atoms with E-state index in [4.69, 9.17) is 20.9 Å². The molecule has 0 aromatic heterocycles. The molecular weight excluding hydrogens is 348 g/mol. The lowest BCUT2D eigenvalue weighted by atomic mass is 10.1. The quantitative estimate of drug-likeness (QED) is 0.320. The van der Waals surface area contributed by atoms with Gasteiger partial charge < -0.3 is 26.3 Å². The molecule has 0 heterocycles. The van der Waals surface area contributed by atoms with Gasteiger partial charge in [-0.25, -0.2) is 9.79 Å². The van der Waals surface area contributed by atoms with E-state index >= 15 is 0 Å². The Kier molecular flexibility index (Phi) is 6.23. The fourth-order valence-corrected chi connectivity index (χ4v) is 2.30. The topological polar surface area (TPSA) is 129 Å². The van der Waals surface area contributed by atoms with Crippen molar-refractivity contribution in [3.05, 3.63) is 36.4 Å². The second-order valence-corrected chi connectivity index (χ2v) is 6.85. The second kappa shape index (κ2) is 8.39. The third kappa shape index (κ3) is 6.50. The van der Waals surface area contributed by atoms with Gasteiger partial charge in [0.05, 0.1) is 12.1 Å². The van der Waals surface area contributed by atoms with Gasteiger partial charge in [-0.05, 0) is 50.4 Å². The molecule has 1 amide bonds. The maximum absolute atomic E-state index is 12.1. The number of ether oxygens (including phenoxy) is 2. The third-order valence-corrected chi connectivity index (χ3v) is 3.30. The summed E-state index contributed by atoms with van der Waals surface area (Å²) in [4.78, 5) is 27.6. The number of rotatable bonds is 5. The van der Waals surface area contributed by atoms with Gasteiger partial charge in [0.25, 0.3) is 0 Å². The summed E-state index contributed by atoms with van der Waals surface area (Å²) in [6.45, 7) is 5.41. The first-order valence-corrected chi connectivity index (χ1v) is 8.44. The highest BCUT2D eigenvalue weighted by Crippen LogP contribution is 2.29. The number of nitrogens with zero attached hydrogens (tertiary/aromatic N) is 1. The largest absolute Gasteiger partial charge is 0.444 e. The van der Waals surface area contributed by atoms with Crippen molar-refractivity contribution in [2.45, 2.75) is 32.8 Å². The zero-order valence-electron chi connectivity index (χ0n) is 15.6. The lowest BCUT2D eigenvalue weighted by Gasteiger charge is -2.19. The highest BCUT2D eigenvalue weighted by Gasteiger charge is 2.16. The van der Waals surface area contributed by atoms with E-state index in [2.05, 4.69) is 10.3 Å². The van der Waals surface area contributed by atoms with E-state index in [-0.39, 0.29) is 18.9 Å². The zero-order chi connectivity index (χ0) is 20.0. The van der Waals surface area contributed by atoms with E-state index in [1.165, 1.54) is 0 Å². The van der Waals surface area contributed by atoms with Gasteiger partial charge in [0.15, 0.2) is 5.96 Å². The van der Waals surface area contributed by atoms with Crippen LogP contribution in [0.25, 0.3) is 10.8 Å². The molecule has 0 spiro atoms. The van der Waals surface area contributed by atoms with E-state index in [1.807, 2.05) is 6.07 Å². The van der Waals surface area contributed by atoms with Gasteiger partial charge in [-0.15, -0.1) is 0 Å². The van der Waals surface area contributed by atoms with Crippen LogP contribution in [0, 0.1) is 0 Å². The molecule has 2 aromatic rings. The highest BCUT2D eigenvalue weighted by molar-refractivity contribution is 5.93. The molecule has 0 saturated carbocycles. The van der Waals surface area contributed by atoms with E-state index in [9.17, 15) is 9.59 Å². The standard InChI is InChI=1S/C19H24N4O4/c1-19(2,3)27-18(25)22-10-9-16(24)26-15-6-4-5-12-11-13(23-17(20)21)7-8-14(12)15/h4-8,11H,9-10H2,1-3H3,(H,22,25)(H4,20,21,23). The van der Waals surface area contributed by atoms with Gasteiger partial charge in [0.1, 0.15) is 11.4 Å². The van der Waals surface area contributed by atoms with Crippen LogP contribution in [0.2, 0.25) is 0 Å². The summed E-state index contributed by atoms with van der Waals surface area (Å²) in [6, 6.07) is 10.6. The summed E-state index contributed by atoms with van der Waals surface area (Å²) in [5, 5.41) is 4.10. The molecule has 0 aliphatic heterocycles. The van der Waals surface area contributed by atoms with Gasteiger partial charge in [-0.1, -0.05) is 12.1 Å². The van der Waals surface area contributed by atoms with Crippen LogP contribution in [-0.2, 0) is 9.53 Å². The number of benzene rings is 2. The Hall–Kier alpha value is -3.29. The van der Waals surface area contributed by atoms with Crippen LogP contribution in [-0.4, -0.2) is 30.2 Å². The van der Waals surface area contributed by atoms with Crippen LogP contribution in [0.15, 0.2) is 41.4 Å². The summed E-state index contributed by atoms with van der Waals surface area (Å²) in [6.07, 6.45) is -0.561. The average molecular weight is 372 g/mol. The first-order valence-electron chi connectivity index (χ1n) is 8.44. The number of nitrogens with one attached hydrogen (secondary N) is 1. The van der Waals surface area contributed by atoms with E-state index in [1.54, 1.807) is 51.1 Å². The molecule has 0 atom stereocenters. The molecule has 0 fully saturated rings. The number of aliphatic imine (C=N–C) groups is 1. The number of esters is 1. The Morgan fingerprint density at radius 2 is 1.89 bits per heavy atom. The Morgan fingerprint density at radius 3 is 2.56 bits per heavy atom. The number of hydrogen-bond donors (Lipinski definition) is 3. The Morgan fingerprint density at radius 1 is 1.15 bits per heavy atom. The minimum Gasteiger partial charge on any atom is -0.444 e. The fraction of sp³-hybridized carbons (Fsp3) is 0.316. The normalized spacial score (nSPS) is 10.9. The van der Waals surface area contributed by atoms with E-state index in [0.29, 0.717) is 11.4 Å². The van der Waals surface area contributed by atoms with E-state index < -0.39 is 17.7 Å². The fourth-order valence-electron chi connectivity index (χ4n) is 2.30. The molecule has 0 unspecified atom stereocenters. The molecule has 2 aromatic carbocycles. The van der Waals surface area contributed by atoms with Gasteiger partial charge >= 0.3 is 12.1 Å². The molecule has 2 rings (SSSR count). The van der Waals surface area contributed by atoms with Crippen LogP contribution in [0.4, 0.5) is 10.5 Å². The number of carbonyl (C=O) groups excluding carboxylic acids is 2. The maximum Gasteiger partial charge on any atom is 0.407 e. The number of alkyl carbamates (subject to hydrolysis) is 1. The van der Waals surface area contributed by atoms with E-state index in [0.717, 1.165) is 10.8 Å². The van der Waals surface area contributed by atoms with Crippen LogP contribution < -0.4 is 21.5 Å². The monoisotopic (exact) mass is 372 g/mol. The predicted molar refractivity (Wildman–Crippen MR) is 104 cm³/mol. The summed E-state index contributed by atoms with van der Waals surface area (Å²) in [7, 11) is 0. The number of amides is 1. The molecule has 0 radical (unpaired) electrons. The minimum atomic E-state index is -0.592. The van der Waals surface area contributed by atoms with Gasteiger partial charge in [0.2, 0.25) is 0 Å². The lowest BCUT2D eigenvalue weighted by Crippen LogP contribution is -2.34. The third-order valence-electron chi connectivity index (χ3n) is 3.30. The smallest absolute Gasteiger partial charge is 0.407 e. The van der Waals surface area contributed by atoms with Crippen molar-refractivity contribution < 1.29 is 19.1 Å². The van der Waals surface area contributed by atoms with Crippen LogP contribution >= 0.6 is 0 Å². The number of nitrogens with two attached hydrogens (primary N) is 2.